The van der Waals surface area contributed by atoms with Crippen molar-refractivity contribution in [1.82, 2.24) is 20.4 Å². The Kier molecular flexibility index (Phi) is 6.25. The van der Waals surface area contributed by atoms with E-state index in [1.165, 1.54) is 6.07 Å². The van der Waals surface area contributed by atoms with Crippen LogP contribution in [-0.2, 0) is 7.05 Å². The molecule has 3 aromatic rings. The predicted octanol–water partition coefficient (Wildman–Crippen LogP) is 3.76. The molecule has 1 fully saturated rings. The zero-order valence-electron chi connectivity index (χ0n) is 17.4. The molecule has 2 aromatic carbocycles. The Bertz CT molecular complexity index is 1080. The zero-order chi connectivity index (χ0) is 22.0. The lowest BCUT2D eigenvalue weighted by Crippen LogP contribution is -2.50. The minimum Gasteiger partial charge on any atom is -0.496 e. The van der Waals surface area contributed by atoms with Gasteiger partial charge in [-0.05, 0) is 48.9 Å². The largest absolute Gasteiger partial charge is 0.496 e. The molecular weight excluding hydrogens is 419 g/mol. The number of ether oxygens (including phenoxy) is 1. The van der Waals surface area contributed by atoms with Gasteiger partial charge in [0.05, 0.1) is 24.0 Å². The summed E-state index contributed by atoms with van der Waals surface area (Å²) in [5.41, 5.74) is 2.84. The number of carbonyl (C=O) groups excluding carboxylic acids is 1. The second-order valence-electron chi connectivity index (χ2n) is 7.61. The molecule has 0 bridgehead atoms. The van der Waals surface area contributed by atoms with Crippen LogP contribution in [0.25, 0.3) is 11.3 Å². The maximum Gasteiger partial charge on any atom is 0.251 e. The standard InChI is InChI=1S/C23H24ClFN4O2/c1-29-22(19(24)12-27-29)18-7-6-15(11-21(18)31-2)23(30)28-20-13-26-9-8-17(20)14-4-3-5-16(25)10-14/h3-7,10-12,17,20,26H,8-9,13H2,1-2H3,(H,28,30)/t17-,20+/m0/s1. The van der Waals surface area contributed by atoms with E-state index in [-0.39, 0.29) is 23.7 Å². The molecule has 0 radical (unpaired) electrons. The van der Waals surface area contributed by atoms with Gasteiger partial charge in [0.1, 0.15) is 11.6 Å². The first-order valence-electron chi connectivity index (χ1n) is 10.1. The molecule has 1 aliphatic heterocycles. The van der Waals surface area contributed by atoms with Gasteiger partial charge < -0.3 is 15.4 Å². The number of aryl methyl sites for hydroxylation is 1. The van der Waals surface area contributed by atoms with E-state index in [0.717, 1.165) is 24.1 Å². The van der Waals surface area contributed by atoms with Gasteiger partial charge in [-0.3, -0.25) is 9.48 Å². The van der Waals surface area contributed by atoms with Gasteiger partial charge in [0, 0.05) is 36.7 Å². The number of piperidine rings is 1. The molecule has 0 aliphatic carbocycles. The highest BCUT2D eigenvalue weighted by Gasteiger charge is 2.28. The molecule has 1 saturated heterocycles. The molecule has 0 spiro atoms. The fourth-order valence-corrected chi connectivity index (χ4v) is 4.41. The Hall–Kier alpha value is -2.90. The summed E-state index contributed by atoms with van der Waals surface area (Å²) in [6.07, 6.45) is 2.38. The van der Waals surface area contributed by atoms with Gasteiger partial charge in [0.2, 0.25) is 0 Å². The summed E-state index contributed by atoms with van der Waals surface area (Å²) in [7, 11) is 3.35. The maximum atomic E-state index is 13.7. The van der Waals surface area contributed by atoms with Crippen molar-refractivity contribution in [3.63, 3.8) is 0 Å². The third-order valence-electron chi connectivity index (χ3n) is 5.69. The summed E-state index contributed by atoms with van der Waals surface area (Å²) in [6, 6.07) is 11.7. The van der Waals surface area contributed by atoms with Gasteiger partial charge in [-0.25, -0.2) is 4.39 Å². The topological polar surface area (TPSA) is 68.2 Å². The highest BCUT2D eigenvalue weighted by molar-refractivity contribution is 6.33. The molecule has 0 saturated carbocycles. The molecule has 1 amide bonds. The zero-order valence-corrected chi connectivity index (χ0v) is 18.1. The van der Waals surface area contributed by atoms with E-state index < -0.39 is 0 Å². The van der Waals surface area contributed by atoms with Crippen molar-refractivity contribution < 1.29 is 13.9 Å². The third kappa shape index (κ3) is 4.43. The van der Waals surface area contributed by atoms with Gasteiger partial charge in [-0.1, -0.05) is 23.7 Å². The normalized spacial score (nSPS) is 18.6. The molecule has 1 aromatic heterocycles. The fraction of sp³-hybridized carbons (Fsp3) is 0.304. The molecule has 4 rings (SSSR count). The highest BCUT2D eigenvalue weighted by atomic mass is 35.5. The SMILES string of the molecule is COc1cc(C(=O)N[C@@H]2CNCC[C@H]2c2cccc(F)c2)ccc1-c1c(Cl)cnn1C. The van der Waals surface area contributed by atoms with Gasteiger partial charge >= 0.3 is 0 Å². The van der Waals surface area contributed by atoms with Crippen LogP contribution < -0.4 is 15.4 Å². The van der Waals surface area contributed by atoms with E-state index in [1.54, 1.807) is 55.4 Å². The van der Waals surface area contributed by atoms with E-state index in [9.17, 15) is 9.18 Å². The van der Waals surface area contributed by atoms with Crippen LogP contribution in [0.3, 0.4) is 0 Å². The molecule has 1 aliphatic rings. The number of carbonyl (C=O) groups is 1. The summed E-state index contributed by atoms with van der Waals surface area (Å²) >= 11 is 6.27. The Morgan fingerprint density at radius 1 is 1.32 bits per heavy atom. The second-order valence-corrected chi connectivity index (χ2v) is 8.02. The molecule has 2 N–H and O–H groups in total. The van der Waals surface area contributed by atoms with E-state index in [1.807, 2.05) is 6.07 Å². The molecule has 162 valence electrons. The average molecular weight is 443 g/mol. The van der Waals surface area contributed by atoms with Crippen LogP contribution >= 0.6 is 11.6 Å². The van der Waals surface area contributed by atoms with Crippen molar-refractivity contribution in [3.05, 3.63) is 70.6 Å². The number of hydrogen-bond acceptors (Lipinski definition) is 4. The van der Waals surface area contributed by atoms with Gasteiger partial charge in [0.25, 0.3) is 5.91 Å². The van der Waals surface area contributed by atoms with Crippen LogP contribution in [0.1, 0.15) is 28.3 Å². The Balaban J connectivity index is 1.57. The molecule has 8 heteroatoms. The molecule has 6 nitrogen and oxygen atoms in total. The molecule has 31 heavy (non-hydrogen) atoms. The minimum absolute atomic E-state index is 0.0373. The van der Waals surface area contributed by atoms with Crippen LogP contribution in [0.4, 0.5) is 4.39 Å². The van der Waals surface area contributed by atoms with Crippen molar-refractivity contribution in [2.24, 2.45) is 7.05 Å². The first kappa shape index (κ1) is 21.3. The van der Waals surface area contributed by atoms with E-state index >= 15 is 0 Å². The Morgan fingerprint density at radius 3 is 2.87 bits per heavy atom. The molecule has 2 heterocycles. The van der Waals surface area contributed by atoms with Crippen LogP contribution in [0.2, 0.25) is 5.02 Å². The summed E-state index contributed by atoms with van der Waals surface area (Å²) in [4.78, 5) is 13.0. The quantitative estimate of drug-likeness (QED) is 0.631. The first-order chi connectivity index (χ1) is 15.0. The van der Waals surface area contributed by atoms with Crippen LogP contribution in [0.5, 0.6) is 5.75 Å². The van der Waals surface area contributed by atoms with Crippen molar-refractivity contribution in [2.75, 3.05) is 20.2 Å². The van der Waals surface area contributed by atoms with Gasteiger partial charge in [-0.2, -0.15) is 5.10 Å². The Labute approximate surface area is 185 Å². The van der Waals surface area contributed by atoms with Crippen LogP contribution in [0, 0.1) is 5.82 Å². The van der Waals surface area contributed by atoms with E-state index in [0.29, 0.717) is 28.6 Å². The number of nitrogens with one attached hydrogen (secondary N) is 2. The lowest BCUT2D eigenvalue weighted by molar-refractivity contribution is 0.0924. The monoisotopic (exact) mass is 442 g/mol. The molecule has 2 atom stereocenters. The molecular formula is C23H24ClFN4O2. The summed E-state index contributed by atoms with van der Waals surface area (Å²) in [6.45, 7) is 1.44. The summed E-state index contributed by atoms with van der Waals surface area (Å²) in [5, 5.41) is 11.1. The highest BCUT2D eigenvalue weighted by Crippen LogP contribution is 2.35. The Morgan fingerprint density at radius 2 is 2.16 bits per heavy atom. The third-order valence-corrected chi connectivity index (χ3v) is 5.96. The number of rotatable bonds is 5. The van der Waals surface area contributed by atoms with Crippen molar-refractivity contribution in [1.29, 1.82) is 0 Å². The number of halogens is 2. The van der Waals surface area contributed by atoms with Gasteiger partial charge in [-0.15, -0.1) is 0 Å². The minimum atomic E-state index is -0.268. The number of methoxy groups -OCH3 is 1. The van der Waals surface area contributed by atoms with Crippen molar-refractivity contribution in [2.45, 2.75) is 18.4 Å². The number of hydrogen-bond donors (Lipinski definition) is 2. The van der Waals surface area contributed by atoms with Gasteiger partial charge in [0.15, 0.2) is 0 Å². The van der Waals surface area contributed by atoms with Crippen LogP contribution in [0.15, 0.2) is 48.7 Å². The van der Waals surface area contributed by atoms with Crippen LogP contribution in [-0.4, -0.2) is 41.9 Å². The maximum absolute atomic E-state index is 13.7. The lowest BCUT2D eigenvalue weighted by Gasteiger charge is -2.33. The number of aromatic nitrogens is 2. The smallest absolute Gasteiger partial charge is 0.251 e. The summed E-state index contributed by atoms with van der Waals surface area (Å²) < 4.78 is 20.9. The number of benzene rings is 2. The second kappa shape index (κ2) is 9.08. The number of amides is 1. The molecule has 0 unspecified atom stereocenters. The number of nitrogens with zero attached hydrogens (tertiary/aromatic N) is 2. The van der Waals surface area contributed by atoms with Crippen molar-refractivity contribution in [3.8, 4) is 17.0 Å². The lowest BCUT2D eigenvalue weighted by atomic mass is 9.86. The average Bonchev–Trinajstić information content (AvgIpc) is 3.11. The fourth-order valence-electron chi connectivity index (χ4n) is 4.14. The van der Waals surface area contributed by atoms with E-state index in [2.05, 4.69) is 15.7 Å². The first-order valence-corrected chi connectivity index (χ1v) is 10.5. The van der Waals surface area contributed by atoms with Crippen molar-refractivity contribution >= 4 is 17.5 Å². The van der Waals surface area contributed by atoms with E-state index in [4.69, 9.17) is 16.3 Å². The predicted molar refractivity (Wildman–Crippen MR) is 118 cm³/mol. The summed E-state index contributed by atoms with van der Waals surface area (Å²) in [5.74, 6) is 0.0863.